The van der Waals surface area contributed by atoms with Gasteiger partial charge in [-0.3, -0.25) is 51.1 Å². The third-order valence-corrected chi connectivity index (χ3v) is 15.3. The highest BCUT2D eigenvalue weighted by Gasteiger charge is 2.33. The van der Waals surface area contributed by atoms with E-state index in [1.807, 2.05) is 13.8 Å². The van der Waals surface area contributed by atoms with Crippen molar-refractivity contribution in [2.24, 2.45) is 0 Å². The fraction of sp³-hybridized carbons (Fsp3) is 0.515. The molecule has 31 heteroatoms. The number of fused-ring (bicyclic) bond motifs is 2. The van der Waals surface area contributed by atoms with E-state index in [2.05, 4.69) is 10.2 Å². The quantitative estimate of drug-likeness (QED) is 0.0201. The van der Waals surface area contributed by atoms with Gasteiger partial charge < -0.3 is 42.6 Å². The summed E-state index contributed by atoms with van der Waals surface area (Å²) >= 11 is 0. The molecule has 0 spiro atoms. The van der Waals surface area contributed by atoms with Crippen molar-refractivity contribution in [2.45, 2.75) is 138 Å². The van der Waals surface area contributed by atoms with Crippen LogP contribution in [0.1, 0.15) is 108 Å². The Morgan fingerprint density at radius 1 is 0.505 bits per heavy atom. The van der Waals surface area contributed by atoms with Gasteiger partial charge >= 0.3 is 35.9 Å². The lowest BCUT2D eigenvalue weighted by molar-refractivity contribution is -0.155. The van der Waals surface area contributed by atoms with Crippen molar-refractivity contribution >= 4 is 34.2 Å². The Balaban J connectivity index is 0.000000273. The molecule has 0 fully saturated rings. The molecule has 0 bridgehead atoms. The van der Waals surface area contributed by atoms with E-state index in [0.29, 0.717) is 104 Å². The van der Waals surface area contributed by atoms with Crippen molar-refractivity contribution in [2.75, 3.05) is 86.9 Å². The molecule has 6 heterocycles. The summed E-state index contributed by atoms with van der Waals surface area (Å²) in [5.74, 6) is -0.548. The molecule has 97 heavy (non-hydrogen) atoms. The summed E-state index contributed by atoms with van der Waals surface area (Å²) in [5, 5.41) is 8.74. The van der Waals surface area contributed by atoms with Crippen LogP contribution < -0.4 is 22.5 Å². The largest absolute Gasteiger partial charge is 0.510 e. The summed E-state index contributed by atoms with van der Waals surface area (Å²) in [6.45, 7) is 15.1. The smallest absolute Gasteiger partial charge is 0.441 e. The number of halogens is 6. The maximum absolute atomic E-state index is 13.9. The fourth-order valence-corrected chi connectivity index (χ4v) is 10.8. The fourth-order valence-electron chi connectivity index (χ4n) is 10.8. The first-order valence-electron chi connectivity index (χ1n) is 32.0. The third kappa shape index (κ3) is 19.6. The van der Waals surface area contributed by atoms with E-state index in [9.17, 15) is 55.1 Å². The van der Waals surface area contributed by atoms with Gasteiger partial charge in [-0.25, -0.2) is 14.4 Å². The number of hydrogen-bond donors (Lipinski definition) is 0. The molecule has 2 atom stereocenters. The molecule has 25 nitrogen and oxygen atoms in total. The SMILES string of the molecule is CCCn1c(=O)c2c(cc(-c3cnn(Cc4cccc(C(F)(F)F)c4)c3)n2C(CC)OC(=O)CCOCCOCCOC)n(CC)c1=O.CCCn1c(=O)c2c(cc(-c3cnn(Cc4cccc(C(F)(F)F)c4)c3)n2C(CC)OC(=O)OCCOCCOCCOC)n(CC)c1=O. The lowest BCUT2D eigenvalue weighted by Crippen LogP contribution is -2.40. The molecule has 0 aliphatic rings. The van der Waals surface area contributed by atoms with Gasteiger partial charge in [-0.15, -0.1) is 0 Å². The molecule has 8 rings (SSSR count). The van der Waals surface area contributed by atoms with Crippen LogP contribution >= 0.6 is 0 Å². The Bertz CT molecular complexity index is 4120. The van der Waals surface area contributed by atoms with Crippen molar-refractivity contribution in [3.8, 4) is 22.5 Å². The second-order valence-electron chi connectivity index (χ2n) is 22.1. The summed E-state index contributed by atoms with van der Waals surface area (Å²) in [5.41, 5.74) is 0.158. The van der Waals surface area contributed by atoms with Crippen molar-refractivity contribution < 1.29 is 78.6 Å². The van der Waals surface area contributed by atoms with Crippen LogP contribution in [0.2, 0.25) is 0 Å². The summed E-state index contributed by atoms with van der Waals surface area (Å²) in [6, 6.07) is 13.3. The van der Waals surface area contributed by atoms with E-state index < -0.39 is 70.6 Å². The number of esters is 1. The highest BCUT2D eigenvalue weighted by atomic mass is 19.4. The first-order chi connectivity index (χ1) is 46.6. The Labute approximate surface area is 554 Å². The van der Waals surface area contributed by atoms with Crippen molar-refractivity contribution in [1.29, 1.82) is 0 Å². The van der Waals surface area contributed by atoms with Gasteiger partial charge in [0.1, 0.15) is 17.6 Å². The van der Waals surface area contributed by atoms with Gasteiger partial charge in [-0.1, -0.05) is 52.0 Å². The zero-order valence-electron chi connectivity index (χ0n) is 55.7. The number of ether oxygens (including phenoxy) is 9. The Morgan fingerprint density at radius 3 is 1.30 bits per heavy atom. The molecule has 0 aliphatic carbocycles. The molecule has 0 aliphatic heterocycles. The average molecular weight is 1370 g/mol. The highest BCUT2D eigenvalue weighted by Crippen LogP contribution is 2.36. The van der Waals surface area contributed by atoms with Crippen LogP contribution in [0.3, 0.4) is 0 Å². The molecule has 0 radical (unpaired) electrons. The van der Waals surface area contributed by atoms with Gasteiger partial charge in [-0.05, 0) is 74.2 Å². The van der Waals surface area contributed by atoms with Gasteiger partial charge in [0.15, 0.2) is 12.5 Å². The summed E-state index contributed by atoms with van der Waals surface area (Å²) in [6.07, 6.45) is -4.11. The van der Waals surface area contributed by atoms with Gasteiger partial charge in [-0.2, -0.15) is 36.5 Å². The summed E-state index contributed by atoms with van der Waals surface area (Å²) in [7, 11) is 3.16. The van der Waals surface area contributed by atoms with Gasteiger partial charge in [0.2, 0.25) is 0 Å². The van der Waals surface area contributed by atoms with Crippen LogP contribution in [-0.4, -0.2) is 146 Å². The Hall–Kier alpha value is -8.62. The number of alkyl halides is 6. The number of nitrogens with zero attached hydrogens (tertiary/aromatic N) is 10. The maximum Gasteiger partial charge on any atom is 0.510 e. The standard InChI is InChI=1S/C33H42F3N5O8.C33H42F3N5O7/c1-5-11-40-30(42)29-27(39(7-3)31(40)43)19-26(24-20-37-38(22-24)21-23-9-8-10-25(18-23)33(34,35)36)41(29)28(6-2)49-32(44)48-17-16-47-15-14-46-13-12-45-4;1-5-12-40-31(43)30-27(39(7-3)32(40)44)19-26(24-20-37-38(22-24)21-23-9-8-10-25(18-23)33(34,35)36)41(30)28(6-2)48-29(42)11-13-46-16-17-47-15-14-45-4/h8-10,18-20,22,28H,5-7,11-17,21H2,1-4H3;8-10,18-20,22,28H,5-7,11-17,21H2,1-4H3. The van der Waals surface area contributed by atoms with Crippen molar-refractivity contribution in [1.82, 2.24) is 47.0 Å². The van der Waals surface area contributed by atoms with Crippen LogP contribution in [0.4, 0.5) is 31.1 Å². The molecule has 0 amide bonds. The molecule has 2 unspecified atom stereocenters. The highest BCUT2D eigenvalue weighted by molar-refractivity contribution is 5.85. The van der Waals surface area contributed by atoms with E-state index in [0.717, 1.165) is 28.8 Å². The number of carbonyl (C=O) groups excluding carboxylic acids is 2. The van der Waals surface area contributed by atoms with E-state index in [-0.39, 0.29) is 96.0 Å². The molecule has 8 aromatic rings. The second kappa shape index (κ2) is 36.1. The van der Waals surface area contributed by atoms with Crippen molar-refractivity contribution in [3.05, 3.63) is 149 Å². The molecular formula is C66H84F6N10O15. The maximum atomic E-state index is 13.9. The lowest BCUT2D eigenvalue weighted by Gasteiger charge is -2.22. The minimum Gasteiger partial charge on any atom is -0.441 e. The van der Waals surface area contributed by atoms with Crippen LogP contribution in [-0.2, 0) is 99.0 Å². The number of hydrogen-bond acceptors (Lipinski definition) is 17. The first kappa shape index (κ1) is 75.8. The number of carbonyl (C=O) groups is 2. The minimum atomic E-state index is -4.49. The Kier molecular flexibility index (Phi) is 28.2. The number of benzene rings is 2. The molecule has 0 saturated heterocycles. The molecule has 6 aromatic heterocycles. The van der Waals surface area contributed by atoms with Crippen LogP contribution in [0, 0.1) is 0 Å². The molecular weight excluding hydrogens is 1290 g/mol. The number of methoxy groups -OCH3 is 2. The number of rotatable bonds is 36. The predicted octanol–water partition coefficient (Wildman–Crippen LogP) is 9.91. The summed E-state index contributed by atoms with van der Waals surface area (Å²) in [4.78, 5) is 80.4. The van der Waals surface area contributed by atoms with Gasteiger partial charge in [0, 0.05) is 76.8 Å². The second-order valence-corrected chi connectivity index (χ2v) is 22.1. The molecule has 2 aromatic carbocycles. The van der Waals surface area contributed by atoms with E-state index in [1.54, 1.807) is 87.7 Å². The van der Waals surface area contributed by atoms with E-state index >= 15 is 0 Å². The summed E-state index contributed by atoms with van der Waals surface area (Å²) < 4.78 is 140. The van der Waals surface area contributed by atoms with Gasteiger partial charge in [0.25, 0.3) is 11.1 Å². The van der Waals surface area contributed by atoms with E-state index in [4.69, 9.17) is 42.6 Å². The number of aryl methyl sites for hydroxylation is 2. The van der Waals surface area contributed by atoms with Crippen molar-refractivity contribution in [3.63, 3.8) is 0 Å². The van der Waals surface area contributed by atoms with Crippen LogP contribution in [0.15, 0.2) is 105 Å². The third-order valence-electron chi connectivity index (χ3n) is 15.3. The zero-order chi connectivity index (χ0) is 70.4. The monoisotopic (exact) mass is 1370 g/mol. The Morgan fingerprint density at radius 2 is 0.907 bits per heavy atom. The zero-order valence-corrected chi connectivity index (χ0v) is 55.7. The first-order valence-corrected chi connectivity index (χ1v) is 32.0. The molecule has 530 valence electrons. The number of aromatic nitrogens is 10. The van der Waals surface area contributed by atoms with Crippen LogP contribution in [0.25, 0.3) is 44.6 Å². The molecule has 0 saturated carbocycles. The lowest BCUT2D eigenvalue weighted by atomic mass is 10.1. The predicted molar refractivity (Wildman–Crippen MR) is 345 cm³/mol. The van der Waals surface area contributed by atoms with E-state index in [1.165, 1.54) is 47.6 Å². The van der Waals surface area contributed by atoms with Crippen LogP contribution in [0.5, 0.6) is 0 Å². The molecule has 0 N–H and O–H groups in total. The van der Waals surface area contributed by atoms with Gasteiger partial charge in [0.05, 0.1) is 132 Å². The normalized spacial score (nSPS) is 12.5. The minimum absolute atomic E-state index is 0.0362. The topological polar surface area (TPSA) is 251 Å². The average Bonchev–Trinajstić information content (AvgIpc) is 1.60.